The number of nitrogens with one attached hydrogen (secondary N) is 2. The maximum atomic E-state index is 14.8. The minimum absolute atomic E-state index is 0.0907. The van der Waals surface area contributed by atoms with Gasteiger partial charge in [0.1, 0.15) is 11.2 Å². The first-order chi connectivity index (χ1) is 18.6. The first-order valence-electron chi connectivity index (χ1n) is 12.4. The molecule has 1 amide bonds. The number of carbonyl (C=O) groups is 1. The van der Waals surface area contributed by atoms with Gasteiger partial charge in [-0.25, -0.2) is 14.4 Å². The Labute approximate surface area is 219 Å². The van der Waals surface area contributed by atoms with Crippen LogP contribution in [0.4, 0.5) is 35.0 Å². The van der Waals surface area contributed by atoms with Gasteiger partial charge in [0.15, 0.2) is 11.6 Å². The molecule has 9 nitrogen and oxygen atoms in total. The van der Waals surface area contributed by atoms with Crippen LogP contribution in [0.15, 0.2) is 47.4 Å². The molecule has 0 radical (unpaired) electrons. The molecule has 6 rings (SSSR count). The third-order valence-electron chi connectivity index (χ3n) is 7.02. The fourth-order valence-electron chi connectivity index (χ4n) is 4.38. The number of anilines is 3. The molecule has 3 heterocycles. The maximum absolute atomic E-state index is 14.8. The molecule has 1 aromatic carbocycles. The van der Waals surface area contributed by atoms with Crippen molar-refractivity contribution >= 4 is 23.4 Å². The molecule has 2 aliphatic carbocycles. The highest BCUT2D eigenvalue weighted by Crippen LogP contribution is 2.59. The number of hydrogen-bond donors (Lipinski definition) is 2. The average molecular weight is 542 g/mol. The number of aromatic nitrogens is 5. The van der Waals surface area contributed by atoms with E-state index in [1.807, 2.05) is 17.8 Å². The third kappa shape index (κ3) is 4.95. The molecule has 39 heavy (non-hydrogen) atoms. The summed E-state index contributed by atoms with van der Waals surface area (Å²) < 4.78 is 61.4. The Morgan fingerprint density at radius 1 is 1.15 bits per heavy atom. The second-order valence-electron chi connectivity index (χ2n) is 9.95. The quantitative estimate of drug-likeness (QED) is 0.278. The molecule has 0 atom stereocenters. The number of halogens is 4. The fourth-order valence-corrected chi connectivity index (χ4v) is 4.38. The Morgan fingerprint density at radius 3 is 2.54 bits per heavy atom. The monoisotopic (exact) mass is 541 g/mol. The molecule has 2 saturated carbocycles. The molecule has 2 aliphatic rings. The standard InChI is InChI=1S/C26H23F4N7O2/c1-14-20(13-37(35-14)18-4-5-18)33-24-31-11-17(12-32-24)15-2-3-16(19(27)8-15)9-23(38)34-22-10-21(39-36-22)25(6-7-25)26(28,29)30/h2-3,8,10-13,18H,4-7,9H2,1H3,(H,31,32,33)(H,34,36,38). The van der Waals surface area contributed by atoms with Crippen LogP contribution in [0.25, 0.3) is 11.1 Å². The lowest BCUT2D eigenvalue weighted by Gasteiger charge is -2.14. The van der Waals surface area contributed by atoms with Crippen LogP contribution in [0.3, 0.4) is 0 Å². The number of benzene rings is 1. The van der Waals surface area contributed by atoms with Gasteiger partial charge in [-0.3, -0.25) is 9.48 Å². The summed E-state index contributed by atoms with van der Waals surface area (Å²) in [6.07, 6.45) is 2.33. The van der Waals surface area contributed by atoms with Crippen LogP contribution in [0.2, 0.25) is 0 Å². The third-order valence-corrected chi connectivity index (χ3v) is 7.02. The Kier molecular flexibility index (Phi) is 5.88. The van der Waals surface area contributed by atoms with Gasteiger partial charge in [0.05, 0.1) is 23.8 Å². The van der Waals surface area contributed by atoms with E-state index in [0.717, 1.165) is 30.3 Å². The maximum Gasteiger partial charge on any atom is 0.401 e. The number of aryl methyl sites for hydroxylation is 1. The first-order valence-corrected chi connectivity index (χ1v) is 12.4. The molecule has 0 saturated heterocycles. The highest BCUT2D eigenvalue weighted by molar-refractivity contribution is 5.91. The van der Waals surface area contributed by atoms with E-state index >= 15 is 0 Å². The summed E-state index contributed by atoms with van der Waals surface area (Å²) in [6, 6.07) is 5.89. The Balaban J connectivity index is 1.08. The van der Waals surface area contributed by atoms with E-state index in [-0.39, 0.29) is 36.4 Å². The van der Waals surface area contributed by atoms with E-state index in [0.29, 0.717) is 23.1 Å². The largest absolute Gasteiger partial charge is 0.401 e. The molecule has 2 fully saturated rings. The lowest BCUT2D eigenvalue weighted by molar-refractivity contribution is -0.165. The van der Waals surface area contributed by atoms with Gasteiger partial charge >= 0.3 is 6.18 Å². The van der Waals surface area contributed by atoms with Crippen molar-refractivity contribution in [2.45, 2.75) is 56.7 Å². The lowest BCUT2D eigenvalue weighted by atomic mass is 10.0. The van der Waals surface area contributed by atoms with E-state index in [1.54, 1.807) is 18.5 Å². The van der Waals surface area contributed by atoms with E-state index in [4.69, 9.17) is 4.52 Å². The molecule has 0 bridgehead atoms. The molecular formula is C26H23F4N7O2. The minimum Gasteiger partial charge on any atom is -0.358 e. The highest BCUT2D eigenvalue weighted by Gasteiger charge is 2.66. The fraction of sp³-hybridized carbons (Fsp3) is 0.346. The average Bonchev–Trinajstić information content (AvgIpc) is 3.81. The van der Waals surface area contributed by atoms with Crippen LogP contribution in [-0.4, -0.2) is 37.0 Å². The van der Waals surface area contributed by atoms with Crippen molar-refractivity contribution in [1.82, 2.24) is 24.9 Å². The predicted octanol–water partition coefficient (Wildman–Crippen LogP) is 5.63. The summed E-state index contributed by atoms with van der Waals surface area (Å²) in [5.74, 6) is -1.37. The van der Waals surface area contributed by atoms with Crippen LogP contribution in [0.1, 0.15) is 48.7 Å². The molecular weight excluding hydrogens is 518 g/mol. The van der Waals surface area contributed by atoms with Crippen molar-refractivity contribution in [1.29, 1.82) is 0 Å². The van der Waals surface area contributed by atoms with Gasteiger partial charge in [0.25, 0.3) is 0 Å². The number of alkyl halides is 3. The molecule has 202 valence electrons. The Hall–Kier alpha value is -4.29. The van der Waals surface area contributed by atoms with Crippen LogP contribution in [0.5, 0.6) is 0 Å². The van der Waals surface area contributed by atoms with Crippen molar-refractivity contribution in [3.05, 3.63) is 65.7 Å². The molecule has 4 aromatic rings. The van der Waals surface area contributed by atoms with Gasteiger partial charge in [-0.05, 0) is 49.8 Å². The van der Waals surface area contributed by atoms with Crippen LogP contribution >= 0.6 is 0 Å². The summed E-state index contributed by atoms with van der Waals surface area (Å²) >= 11 is 0. The summed E-state index contributed by atoms with van der Waals surface area (Å²) in [7, 11) is 0. The number of rotatable bonds is 8. The van der Waals surface area contributed by atoms with Crippen molar-refractivity contribution in [2.24, 2.45) is 0 Å². The summed E-state index contributed by atoms with van der Waals surface area (Å²) in [6.45, 7) is 1.90. The topological polar surface area (TPSA) is 111 Å². The number of hydrogen-bond acceptors (Lipinski definition) is 7. The molecule has 0 unspecified atom stereocenters. The zero-order chi connectivity index (χ0) is 27.4. The first kappa shape index (κ1) is 25.0. The van der Waals surface area contributed by atoms with Crippen molar-refractivity contribution in [2.75, 3.05) is 10.6 Å². The van der Waals surface area contributed by atoms with Gasteiger partial charge in [-0.15, -0.1) is 0 Å². The van der Waals surface area contributed by atoms with Crippen molar-refractivity contribution in [3.63, 3.8) is 0 Å². The van der Waals surface area contributed by atoms with Gasteiger partial charge in [0.2, 0.25) is 11.9 Å². The molecule has 0 aliphatic heterocycles. The molecule has 0 spiro atoms. The number of nitrogens with zero attached hydrogens (tertiary/aromatic N) is 5. The zero-order valence-electron chi connectivity index (χ0n) is 20.7. The zero-order valence-corrected chi connectivity index (χ0v) is 20.7. The van der Waals surface area contributed by atoms with Gasteiger partial charge in [-0.2, -0.15) is 18.3 Å². The molecule has 3 aromatic heterocycles. The van der Waals surface area contributed by atoms with Gasteiger partial charge in [0, 0.05) is 30.2 Å². The van der Waals surface area contributed by atoms with Gasteiger partial charge < -0.3 is 15.2 Å². The van der Waals surface area contributed by atoms with Crippen molar-refractivity contribution < 1.29 is 26.9 Å². The highest BCUT2D eigenvalue weighted by atomic mass is 19.4. The van der Waals surface area contributed by atoms with Crippen LogP contribution in [0, 0.1) is 12.7 Å². The van der Waals surface area contributed by atoms with E-state index in [2.05, 4.69) is 30.9 Å². The minimum atomic E-state index is -4.46. The van der Waals surface area contributed by atoms with E-state index in [1.165, 1.54) is 12.1 Å². The molecule has 13 heteroatoms. The summed E-state index contributed by atoms with van der Waals surface area (Å²) in [4.78, 5) is 21.0. The van der Waals surface area contributed by atoms with Crippen molar-refractivity contribution in [3.8, 4) is 11.1 Å². The SMILES string of the molecule is Cc1nn(C2CC2)cc1Nc1ncc(-c2ccc(CC(=O)Nc3cc(C4(C(F)(F)F)CC4)on3)c(F)c2)cn1. The second kappa shape index (κ2) is 9.17. The molecule has 2 N–H and O–H groups in total. The summed E-state index contributed by atoms with van der Waals surface area (Å²) in [5, 5.41) is 13.5. The van der Waals surface area contributed by atoms with E-state index in [9.17, 15) is 22.4 Å². The second-order valence-corrected chi connectivity index (χ2v) is 9.95. The van der Waals surface area contributed by atoms with E-state index < -0.39 is 23.3 Å². The van der Waals surface area contributed by atoms with Crippen LogP contribution < -0.4 is 10.6 Å². The Morgan fingerprint density at radius 2 is 1.90 bits per heavy atom. The van der Waals surface area contributed by atoms with Gasteiger partial charge in [-0.1, -0.05) is 17.3 Å². The smallest absolute Gasteiger partial charge is 0.358 e. The number of amides is 1. The van der Waals surface area contributed by atoms with Crippen LogP contribution in [-0.2, 0) is 16.6 Å². The normalized spacial score (nSPS) is 16.2. The Bertz CT molecular complexity index is 1540. The lowest BCUT2D eigenvalue weighted by Crippen LogP contribution is -2.28. The summed E-state index contributed by atoms with van der Waals surface area (Å²) in [5.41, 5.74) is 0.821. The number of carbonyl (C=O) groups excluding carboxylic acids is 1. The predicted molar refractivity (Wildman–Crippen MR) is 132 cm³/mol.